The van der Waals surface area contributed by atoms with Gasteiger partial charge in [0.2, 0.25) is 0 Å². The molecule has 1 aromatic heterocycles. The fourth-order valence-electron chi connectivity index (χ4n) is 1.87. The van der Waals surface area contributed by atoms with E-state index in [1.165, 1.54) is 0 Å². The van der Waals surface area contributed by atoms with Gasteiger partial charge in [0.05, 0.1) is 12.2 Å². The summed E-state index contributed by atoms with van der Waals surface area (Å²) in [5.41, 5.74) is 7.94. The van der Waals surface area contributed by atoms with E-state index in [0.29, 0.717) is 12.5 Å². The number of hydrogen-bond acceptors (Lipinski definition) is 4. The molecule has 3 N–H and O–H groups in total. The van der Waals surface area contributed by atoms with Gasteiger partial charge >= 0.3 is 0 Å². The Morgan fingerprint density at radius 3 is 2.95 bits per heavy atom. The lowest BCUT2D eigenvalue weighted by Gasteiger charge is -2.05. The molecule has 22 heavy (non-hydrogen) atoms. The largest absolute Gasteiger partial charge is 0.382 e. The van der Waals surface area contributed by atoms with Crippen LogP contribution in [0.5, 0.6) is 0 Å². The lowest BCUT2D eigenvalue weighted by Crippen LogP contribution is -2.32. The van der Waals surface area contributed by atoms with Gasteiger partial charge in [0.15, 0.2) is 5.96 Å². The molecule has 118 valence electrons. The average Bonchev–Trinajstić information content (AvgIpc) is 3.02. The normalized spacial score (nSPS) is 11.6. The summed E-state index contributed by atoms with van der Waals surface area (Å²) < 4.78 is 5.26. The van der Waals surface area contributed by atoms with E-state index in [0.717, 1.165) is 42.4 Å². The molecule has 0 fully saturated rings. The van der Waals surface area contributed by atoms with E-state index in [2.05, 4.69) is 27.4 Å². The molecule has 0 unspecified atom stereocenters. The molecule has 0 saturated carbocycles. The van der Waals surface area contributed by atoms with E-state index in [1.54, 1.807) is 11.3 Å². The number of aliphatic imine (C=N–C) groups is 1. The molecule has 5 nitrogen and oxygen atoms in total. The highest BCUT2D eigenvalue weighted by atomic mass is 32.1. The van der Waals surface area contributed by atoms with Crippen molar-refractivity contribution in [2.75, 3.05) is 19.8 Å². The summed E-state index contributed by atoms with van der Waals surface area (Å²) in [6.45, 7) is 4.74. The quantitative estimate of drug-likeness (QED) is 0.446. The zero-order valence-electron chi connectivity index (χ0n) is 12.8. The van der Waals surface area contributed by atoms with Crippen molar-refractivity contribution in [1.82, 2.24) is 10.3 Å². The number of benzene rings is 1. The lowest BCUT2D eigenvalue weighted by molar-refractivity contribution is 0.145. The maximum absolute atomic E-state index is 5.83. The third kappa shape index (κ3) is 5.46. The van der Waals surface area contributed by atoms with Gasteiger partial charge in [0.1, 0.15) is 5.01 Å². The van der Waals surface area contributed by atoms with Crippen LogP contribution < -0.4 is 11.1 Å². The van der Waals surface area contributed by atoms with Gasteiger partial charge < -0.3 is 15.8 Å². The molecular formula is C16H22N4OS. The molecule has 1 heterocycles. The van der Waals surface area contributed by atoms with Crippen LogP contribution in [0.2, 0.25) is 0 Å². The number of nitrogens with zero attached hydrogens (tertiary/aromatic N) is 2. The predicted octanol–water partition coefficient (Wildman–Crippen LogP) is 2.64. The van der Waals surface area contributed by atoms with Gasteiger partial charge in [0, 0.05) is 30.7 Å². The van der Waals surface area contributed by atoms with Crippen molar-refractivity contribution < 1.29 is 4.74 Å². The number of rotatable bonds is 8. The second-order valence-electron chi connectivity index (χ2n) is 4.67. The minimum atomic E-state index is 0.452. The van der Waals surface area contributed by atoms with Crippen LogP contribution in [0.1, 0.15) is 18.4 Å². The van der Waals surface area contributed by atoms with Gasteiger partial charge in [-0.2, -0.15) is 0 Å². The first kappa shape index (κ1) is 16.5. The summed E-state index contributed by atoms with van der Waals surface area (Å²) in [5, 5.41) is 6.08. The number of nitrogens with two attached hydrogens (primary N) is 1. The first-order valence-corrected chi connectivity index (χ1v) is 8.29. The van der Waals surface area contributed by atoms with Crippen LogP contribution in [0, 0.1) is 0 Å². The number of guanidine groups is 1. The van der Waals surface area contributed by atoms with Gasteiger partial charge in [-0.25, -0.2) is 9.98 Å². The van der Waals surface area contributed by atoms with Crippen molar-refractivity contribution in [2.24, 2.45) is 10.7 Å². The van der Waals surface area contributed by atoms with Gasteiger partial charge in [-0.1, -0.05) is 30.3 Å². The number of hydrogen-bond donors (Lipinski definition) is 2. The van der Waals surface area contributed by atoms with Crippen LogP contribution in [-0.2, 0) is 11.3 Å². The first-order valence-electron chi connectivity index (χ1n) is 7.41. The summed E-state index contributed by atoms with van der Waals surface area (Å²) in [4.78, 5) is 8.89. The predicted molar refractivity (Wildman–Crippen MR) is 92.0 cm³/mol. The number of ether oxygens (including phenoxy) is 1. The summed E-state index contributed by atoms with van der Waals surface area (Å²) in [5.74, 6) is 0.452. The molecule has 2 rings (SSSR count). The summed E-state index contributed by atoms with van der Waals surface area (Å²) in [6.07, 6.45) is 0.916. The molecule has 2 aromatic rings. The highest BCUT2D eigenvalue weighted by Crippen LogP contribution is 2.21. The van der Waals surface area contributed by atoms with E-state index < -0.39 is 0 Å². The summed E-state index contributed by atoms with van der Waals surface area (Å²) in [6, 6.07) is 10.1. The Morgan fingerprint density at radius 2 is 2.18 bits per heavy atom. The fraction of sp³-hybridized carbons (Fsp3) is 0.375. The Kier molecular flexibility index (Phi) is 6.86. The van der Waals surface area contributed by atoms with Gasteiger partial charge in [-0.05, 0) is 13.3 Å². The van der Waals surface area contributed by atoms with Crippen molar-refractivity contribution in [2.45, 2.75) is 19.9 Å². The van der Waals surface area contributed by atoms with Crippen LogP contribution in [0.4, 0.5) is 0 Å². The highest BCUT2D eigenvalue weighted by Gasteiger charge is 2.03. The maximum atomic E-state index is 5.83. The van der Waals surface area contributed by atoms with Gasteiger partial charge in [0.25, 0.3) is 0 Å². The SMILES string of the molecule is CCOCCCNC(N)=NCc1nc(-c2ccccc2)cs1. The van der Waals surface area contributed by atoms with Crippen LogP contribution in [-0.4, -0.2) is 30.7 Å². The Bertz CT molecular complexity index is 583. The molecular weight excluding hydrogens is 296 g/mol. The molecule has 0 aliphatic carbocycles. The summed E-state index contributed by atoms with van der Waals surface area (Å²) >= 11 is 1.60. The zero-order chi connectivity index (χ0) is 15.6. The molecule has 0 aliphatic heterocycles. The van der Waals surface area contributed by atoms with Crippen LogP contribution >= 0.6 is 11.3 Å². The third-order valence-electron chi connectivity index (χ3n) is 2.98. The van der Waals surface area contributed by atoms with Crippen molar-refractivity contribution in [3.05, 3.63) is 40.7 Å². The molecule has 0 bridgehead atoms. The van der Waals surface area contributed by atoms with Crippen molar-refractivity contribution in [3.8, 4) is 11.3 Å². The monoisotopic (exact) mass is 318 g/mol. The standard InChI is InChI=1S/C16H22N4OS/c1-2-21-10-6-9-18-16(17)19-11-15-20-14(12-22-15)13-7-4-3-5-8-13/h3-5,7-8,12H,2,6,9-11H2,1H3,(H3,17,18,19). The molecule has 0 saturated heterocycles. The topological polar surface area (TPSA) is 72.5 Å². The number of aromatic nitrogens is 1. The lowest BCUT2D eigenvalue weighted by atomic mass is 10.2. The Balaban J connectivity index is 1.79. The molecule has 0 radical (unpaired) electrons. The maximum Gasteiger partial charge on any atom is 0.189 e. The first-order chi connectivity index (χ1) is 10.8. The third-order valence-corrected chi connectivity index (χ3v) is 3.82. The minimum Gasteiger partial charge on any atom is -0.382 e. The van der Waals surface area contributed by atoms with E-state index in [4.69, 9.17) is 10.5 Å². The minimum absolute atomic E-state index is 0.452. The van der Waals surface area contributed by atoms with E-state index >= 15 is 0 Å². The second-order valence-corrected chi connectivity index (χ2v) is 5.61. The highest BCUT2D eigenvalue weighted by molar-refractivity contribution is 7.09. The molecule has 6 heteroatoms. The van der Waals surface area contributed by atoms with Gasteiger partial charge in [-0.15, -0.1) is 11.3 Å². The zero-order valence-corrected chi connectivity index (χ0v) is 13.6. The molecule has 0 aliphatic rings. The van der Waals surface area contributed by atoms with Crippen LogP contribution in [0.15, 0.2) is 40.7 Å². The smallest absolute Gasteiger partial charge is 0.189 e. The molecule has 0 amide bonds. The Hall–Kier alpha value is -1.92. The average molecular weight is 318 g/mol. The number of thiazole rings is 1. The Morgan fingerprint density at radius 1 is 1.36 bits per heavy atom. The Labute approximate surface area is 135 Å². The van der Waals surface area contributed by atoms with Gasteiger partial charge in [-0.3, -0.25) is 0 Å². The van der Waals surface area contributed by atoms with Crippen molar-refractivity contribution >= 4 is 17.3 Å². The fourth-order valence-corrected chi connectivity index (χ4v) is 2.60. The van der Waals surface area contributed by atoms with Crippen LogP contribution in [0.3, 0.4) is 0 Å². The molecule has 1 aromatic carbocycles. The second kappa shape index (κ2) is 9.17. The van der Waals surface area contributed by atoms with Crippen LogP contribution in [0.25, 0.3) is 11.3 Å². The molecule has 0 atom stereocenters. The van der Waals surface area contributed by atoms with Crippen molar-refractivity contribution in [1.29, 1.82) is 0 Å². The van der Waals surface area contributed by atoms with E-state index in [1.807, 2.05) is 30.5 Å². The van der Waals surface area contributed by atoms with E-state index in [-0.39, 0.29) is 0 Å². The summed E-state index contributed by atoms with van der Waals surface area (Å²) in [7, 11) is 0. The number of nitrogens with one attached hydrogen (secondary N) is 1. The van der Waals surface area contributed by atoms with Crippen molar-refractivity contribution in [3.63, 3.8) is 0 Å². The molecule has 0 spiro atoms. The van der Waals surface area contributed by atoms with E-state index in [9.17, 15) is 0 Å².